The van der Waals surface area contributed by atoms with Crippen molar-refractivity contribution in [3.8, 4) is 0 Å². The van der Waals surface area contributed by atoms with Gasteiger partial charge in [0.1, 0.15) is 0 Å². The Labute approximate surface area is 100 Å². The topological polar surface area (TPSA) is 21.3 Å². The molecule has 0 spiro atoms. The molecule has 0 amide bonds. The third kappa shape index (κ3) is 3.60. The molecule has 1 unspecified atom stereocenters. The summed E-state index contributed by atoms with van der Waals surface area (Å²) in [7, 11) is 3.83. The van der Waals surface area contributed by atoms with Gasteiger partial charge in [0, 0.05) is 7.11 Å². The SMILES string of the molecule is CNC(C1=CCCCCCC1)C(C)(C)OC. The number of ether oxygens (including phenoxy) is 1. The molecule has 0 bridgehead atoms. The van der Waals surface area contributed by atoms with Crippen LogP contribution in [0.2, 0.25) is 0 Å². The summed E-state index contributed by atoms with van der Waals surface area (Å²) in [6.45, 7) is 4.32. The van der Waals surface area contributed by atoms with Crippen LogP contribution in [0.15, 0.2) is 11.6 Å². The Bertz CT molecular complexity index is 233. The fourth-order valence-electron chi connectivity index (χ4n) is 2.58. The minimum absolute atomic E-state index is 0.125. The first kappa shape index (κ1) is 13.7. The van der Waals surface area contributed by atoms with Crippen molar-refractivity contribution in [3.63, 3.8) is 0 Å². The predicted molar refractivity (Wildman–Crippen MR) is 69.7 cm³/mol. The van der Waals surface area contributed by atoms with E-state index in [1.807, 2.05) is 7.05 Å². The van der Waals surface area contributed by atoms with E-state index in [4.69, 9.17) is 4.74 Å². The lowest BCUT2D eigenvalue weighted by Gasteiger charge is -2.35. The predicted octanol–water partition coefficient (Wildman–Crippen LogP) is 3.28. The lowest BCUT2D eigenvalue weighted by atomic mass is 9.86. The first-order valence-corrected chi connectivity index (χ1v) is 6.53. The van der Waals surface area contributed by atoms with Crippen LogP contribution in [0.5, 0.6) is 0 Å². The van der Waals surface area contributed by atoms with Crippen molar-refractivity contribution in [2.45, 2.75) is 64.0 Å². The standard InChI is InChI=1S/C14H27NO/c1-14(2,16-4)13(15-3)12-10-8-6-5-7-9-11-12/h10,13,15H,5-9,11H2,1-4H3. The molecule has 0 saturated carbocycles. The van der Waals surface area contributed by atoms with E-state index in [1.54, 1.807) is 7.11 Å². The van der Waals surface area contributed by atoms with Gasteiger partial charge in [-0.2, -0.15) is 0 Å². The van der Waals surface area contributed by atoms with Gasteiger partial charge in [-0.3, -0.25) is 0 Å². The van der Waals surface area contributed by atoms with Crippen LogP contribution in [-0.4, -0.2) is 25.8 Å². The average Bonchev–Trinajstić information content (AvgIpc) is 2.21. The van der Waals surface area contributed by atoms with Gasteiger partial charge in [0.2, 0.25) is 0 Å². The minimum atomic E-state index is -0.125. The van der Waals surface area contributed by atoms with Crippen LogP contribution in [-0.2, 0) is 4.74 Å². The average molecular weight is 225 g/mol. The van der Waals surface area contributed by atoms with E-state index in [2.05, 4.69) is 25.2 Å². The smallest absolute Gasteiger partial charge is 0.0813 e. The van der Waals surface area contributed by atoms with Crippen molar-refractivity contribution in [2.24, 2.45) is 0 Å². The fraction of sp³-hybridized carbons (Fsp3) is 0.857. The number of rotatable bonds is 4. The Balaban J connectivity index is 2.76. The van der Waals surface area contributed by atoms with Crippen molar-refractivity contribution in [2.75, 3.05) is 14.2 Å². The number of nitrogens with one attached hydrogen (secondary N) is 1. The highest BCUT2D eigenvalue weighted by Gasteiger charge is 2.30. The molecule has 2 heteroatoms. The zero-order chi connectivity index (χ0) is 12.0. The molecule has 16 heavy (non-hydrogen) atoms. The van der Waals surface area contributed by atoms with E-state index in [1.165, 1.54) is 44.1 Å². The number of methoxy groups -OCH3 is 1. The summed E-state index contributed by atoms with van der Waals surface area (Å²) in [5.41, 5.74) is 1.41. The molecule has 0 heterocycles. The molecular weight excluding hydrogens is 198 g/mol. The van der Waals surface area contributed by atoms with Crippen LogP contribution >= 0.6 is 0 Å². The molecule has 1 aliphatic carbocycles. The number of likely N-dealkylation sites (N-methyl/N-ethyl adjacent to an activating group) is 1. The van der Waals surface area contributed by atoms with Gasteiger partial charge in [0.05, 0.1) is 11.6 Å². The third-order valence-electron chi connectivity index (χ3n) is 3.71. The van der Waals surface area contributed by atoms with Gasteiger partial charge in [0.25, 0.3) is 0 Å². The normalized spacial score (nSPS) is 20.9. The Hall–Kier alpha value is -0.340. The van der Waals surface area contributed by atoms with Gasteiger partial charge in [-0.25, -0.2) is 0 Å². The zero-order valence-electron chi connectivity index (χ0n) is 11.3. The van der Waals surface area contributed by atoms with Crippen LogP contribution in [0.1, 0.15) is 52.4 Å². The van der Waals surface area contributed by atoms with E-state index in [9.17, 15) is 0 Å². The first-order valence-electron chi connectivity index (χ1n) is 6.53. The van der Waals surface area contributed by atoms with Crippen molar-refractivity contribution < 1.29 is 4.74 Å². The molecule has 1 atom stereocenters. The molecule has 0 aromatic rings. The molecule has 0 fully saturated rings. The highest BCUT2D eigenvalue weighted by atomic mass is 16.5. The molecule has 2 nitrogen and oxygen atoms in total. The molecule has 0 aromatic heterocycles. The summed E-state index contributed by atoms with van der Waals surface area (Å²) >= 11 is 0. The van der Waals surface area contributed by atoms with Crippen molar-refractivity contribution in [1.82, 2.24) is 5.32 Å². The minimum Gasteiger partial charge on any atom is -0.377 e. The monoisotopic (exact) mass is 225 g/mol. The number of allylic oxidation sites excluding steroid dienone is 1. The van der Waals surface area contributed by atoms with Crippen LogP contribution in [0.4, 0.5) is 0 Å². The zero-order valence-corrected chi connectivity index (χ0v) is 11.3. The van der Waals surface area contributed by atoms with Crippen LogP contribution in [0.3, 0.4) is 0 Å². The van der Waals surface area contributed by atoms with Crippen molar-refractivity contribution in [3.05, 3.63) is 11.6 Å². The van der Waals surface area contributed by atoms with E-state index in [-0.39, 0.29) is 5.60 Å². The summed E-state index contributed by atoms with van der Waals surface area (Å²) in [6.07, 6.45) is 10.3. The molecule has 94 valence electrons. The van der Waals surface area contributed by atoms with Crippen LogP contribution in [0.25, 0.3) is 0 Å². The summed E-state index contributed by atoms with van der Waals surface area (Å²) in [6, 6.07) is 0.343. The maximum absolute atomic E-state index is 5.61. The molecule has 0 saturated heterocycles. The van der Waals surface area contributed by atoms with Gasteiger partial charge < -0.3 is 10.1 Å². The molecule has 1 N–H and O–H groups in total. The van der Waals surface area contributed by atoms with Crippen LogP contribution in [0, 0.1) is 0 Å². The molecule has 0 radical (unpaired) electrons. The quantitative estimate of drug-likeness (QED) is 0.741. The highest BCUT2D eigenvalue weighted by Crippen LogP contribution is 2.26. The molecule has 1 rings (SSSR count). The summed E-state index contributed by atoms with van der Waals surface area (Å²) in [4.78, 5) is 0. The van der Waals surface area contributed by atoms with Gasteiger partial charge in [-0.1, -0.05) is 24.5 Å². The molecule has 0 aliphatic heterocycles. The van der Waals surface area contributed by atoms with E-state index in [0.29, 0.717) is 6.04 Å². The maximum atomic E-state index is 5.61. The second-order valence-corrected chi connectivity index (χ2v) is 5.26. The lowest BCUT2D eigenvalue weighted by molar-refractivity contribution is 0.000881. The molecular formula is C14H27NO. The van der Waals surface area contributed by atoms with E-state index in [0.717, 1.165) is 0 Å². The second kappa shape index (κ2) is 6.41. The second-order valence-electron chi connectivity index (χ2n) is 5.26. The highest BCUT2D eigenvalue weighted by molar-refractivity contribution is 5.16. The third-order valence-corrected chi connectivity index (χ3v) is 3.71. The van der Waals surface area contributed by atoms with Gasteiger partial charge in [-0.15, -0.1) is 0 Å². The van der Waals surface area contributed by atoms with E-state index >= 15 is 0 Å². The Morgan fingerprint density at radius 2 is 1.94 bits per heavy atom. The number of hydrogen-bond acceptors (Lipinski definition) is 2. The Kier molecular flexibility index (Phi) is 5.50. The molecule has 0 aromatic carbocycles. The lowest BCUT2D eigenvalue weighted by Crippen LogP contribution is -2.48. The largest absolute Gasteiger partial charge is 0.377 e. The van der Waals surface area contributed by atoms with Crippen LogP contribution < -0.4 is 5.32 Å². The number of hydrogen-bond donors (Lipinski definition) is 1. The summed E-state index contributed by atoms with van der Waals surface area (Å²) in [5.74, 6) is 0. The van der Waals surface area contributed by atoms with Gasteiger partial charge in [-0.05, 0) is 46.6 Å². The van der Waals surface area contributed by atoms with Crippen molar-refractivity contribution in [1.29, 1.82) is 0 Å². The van der Waals surface area contributed by atoms with Crippen molar-refractivity contribution >= 4 is 0 Å². The fourth-order valence-corrected chi connectivity index (χ4v) is 2.58. The van der Waals surface area contributed by atoms with Gasteiger partial charge >= 0.3 is 0 Å². The maximum Gasteiger partial charge on any atom is 0.0813 e. The van der Waals surface area contributed by atoms with E-state index < -0.39 is 0 Å². The Morgan fingerprint density at radius 1 is 1.25 bits per heavy atom. The first-order chi connectivity index (χ1) is 7.61. The van der Waals surface area contributed by atoms with Gasteiger partial charge in [0.15, 0.2) is 0 Å². The molecule has 1 aliphatic rings. The summed E-state index contributed by atoms with van der Waals surface area (Å²) in [5, 5.41) is 3.42. The summed E-state index contributed by atoms with van der Waals surface area (Å²) < 4.78 is 5.61. The Morgan fingerprint density at radius 3 is 2.56 bits per heavy atom.